The fraction of sp³-hybridized carbons (Fsp3) is 0.529. The van der Waals surface area contributed by atoms with Gasteiger partial charge in [0.15, 0.2) is 5.89 Å². The Labute approximate surface area is 129 Å². The molecule has 22 heavy (non-hydrogen) atoms. The average molecular weight is 300 g/mol. The van der Waals surface area contributed by atoms with Gasteiger partial charge >= 0.3 is 0 Å². The number of hydrogen-bond donors (Lipinski definition) is 1. The fourth-order valence-corrected chi connectivity index (χ4v) is 3.18. The largest absolute Gasteiger partial charge is 0.469 e. The molecule has 1 N–H and O–H groups in total. The average Bonchev–Trinajstić information content (AvgIpc) is 3.03. The molecule has 2 aliphatic carbocycles. The first-order chi connectivity index (χ1) is 10.7. The van der Waals surface area contributed by atoms with Crippen molar-refractivity contribution in [3.8, 4) is 0 Å². The molecule has 0 aliphatic heterocycles. The van der Waals surface area contributed by atoms with E-state index in [-0.39, 0.29) is 11.9 Å². The van der Waals surface area contributed by atoms with Crippen molar-refractivity contribution in [2.45, 2.75) is 51.5 Å². The molecule has 0 radical (unpaired) electrons. The highest BCUT2D eigenvalue weighted by Crippen LogP contribution is 2.33. The van der Waals surface area contributed by atoms with Gasteiger partial charge in [-0.1, -0.05) is 0 Å². The summed E-state index contributed by atoms with van der Waals surface area (Å²) in [5, 5.41) is 3.07. The molecule has 116 valence electrons. The molecule has 2 aliphatic rings. The zero-order chi connectivity index (χ0) is 15.1. The SMILES string of the molecule is Cc1nc(CC2CC2)oc1C(=O)NC1CCCc2occc21. The van der Waals surface area contributed by atoms with Crippen molar-refractivity contribution in [3.63, 3.8) is 0 Å². The molecule has 2 aromatic heterocycles. The lowest BCUT2D eigenvalue weighted by molar-refractivity contribution is 0.0901. The van der Waals surface area contributed by atoms with E-state index in [4.69, 9.17) is 8.83 Å². The van der Waals surface area contributed by atoms with E-state index in [1.165, 1.54) is 12.8 Å². The van der Waals surface area contributed by atoms with Crippen LogP contribution in [0.15, 0.2) is 21.2 Å². The Morgan fingerprint density at radius 2 is 2.27 bits per heavy atom. The predicted octanol–water partition coefficient (Wildman–Crippen LogP) is 3.34. The van der Waals surface area contributed by atoms with Gasteiger partial charge in [0.2, 0.25) is 5.76 Å². The number of nitrogens with zero attached hydrogens (tertiary/aromatic N) is 1. The highest BCUT2D eigenvalue weighted by Gasteiger charge is 2.28. The third kappa shape index (κ3) is 2.56. The number of amides is 1. The van der Waals surface area contributed by atoms with E-state index in [1.807, 2.05) is 13.0 Å². The van der Waals surface area contributed by atoms with Gasteiger partial charge in [-0.3, -0.25) is 4.79 Å². The van der Waals surface area contributed by atoms with Crippen molar-refractivity contribution in [2.75, 3.05) is 0 Å². The second-order valence-corrected chi connectivity index (χ2v) is 6.39. The van der Waals surface area contributed by atoms with Gasteiger partial charge in [0.25, 0.3) is 5.91 Å². The number of rotatable bonds is 4. The lowest BCUT2D eigenvalue weighted by atomic mass is 9.93. The Morgan fingerprint density at radius 1 is 1.41 bits per heavy atom. The molecule has 0 saturated heterocycles. The molecule has 1 amide bonds. The molecule has 1 fully saturated rings. The van der Waals surface area contributed by atoms with Crippen molar-refractivity contribution >= 4 is 5.91 Å². The Hall–Kier alpha value is -2.04. The Kier molecular flexibility index (Phi) is 3.28. The summed E-state index contributed by atoms with van der Waals surface area (Å²) in [6, 6.07) is 1.96. The topological polar surface area (TPSA) is 68.3 Å². The quantitative estimate of drug-likeness (QED) is 0.940. The first kappa shape index (κ1) is 13.6. The number of aryl methyl sites for hydroxylation is 2. The molecule has 5 heteroatoms. The number of carbonyl (C=O) groups excluding carboxylic acids is 1. The molecule has 5 nitrogen and oxygen atoms in total. The fourth-order valence-electron chi connectivity index (χ4n) is 3.18. The van der Waals surface area contributed by atoms with Crippen LogP contribution >= 0.6 is 0 Å². The third-order valence-corrected chi connectivity index (χ3v) is 4.56. The summed E-state index contributed by atoms with van der Waals surface area (Å²) < 4.78 is 11.2. The molecular weight excluding hydrogens is 280 g/mol. The lowest BCUT2D eigenvalue weighted by Gasteiger charge is -2.22. The maximum Gasteiger partial charge on any atom is 0.289 e. The maximum atomic E-state index is 12.5. The molecule has 1 atom stereocenters. The number of hydrogen-bond acceptors (Lipinski definition) is 4. The molecule has 0 bridgehead atoms. The van der Waals surface area contributed by atoms with Gasteiger partial charge < -0.3 is 14.2 Å². The van der Waals surface area contributed by atoms with E-state index in [9.17, 15) is 4.79 Å². The number of carbonyl (C=O) groups is 1. The van der Waals surface area contributed by atoms with Gasteiger partial charge in [0.1, 0.15) is 5.76 Å². The smallest absolute Gasteiger partial charge is 0.289 e. The summed E-state index contributed by atoms with van der Waals surface area (Å²) in [6.07, 6.45) is 7.93. The first-order valence-electron chi connectivity index (χ1n) is 8.04. The van der Waals surface area contributed by atoms with Crippen molar-refractivity contribution in [1.29, 1.82) is 0 Å². The number of nitrogens with one attached hydrogen (secondary N) is 1. The van der Waals surface area contributed by atoms with Crippen LogP contribution in [0.4, 0.5) is 0 Å². The zero-order valence-corrected chi connectivity index (χ0v) is 12.7. The van der Waals surface area contributed by atoms with Gasteiger partial charge in [-0.25, -0.2) is 4.98 Å². The second-order valence-electron chi connectivity index (χ2n) is 6.39. The van der Waals surface area contributed by atoms with Crippen LogP contribution in [-0.2, 0) is 12.8 Å². The van der Waals surface area contributed by atoms with E-state index in [1.54, 1.807) is 6.26 Å². The number of oxazole rings is 1. The molecule has 2 aromatic rings. The van der Waals surface area contributed by atoms with Crippen LogP contribution in [0.1, 0.15) is 65.2 Å². The van der Waals surface area contributed by atoms with E-state index in [2.05, 4.69) is 10.3 Å². The third-order valence-electron chi connectivity index (χ3n) is 4.56. The molecular formula is C17H20N2O3. The molecule has 0 spiro atoms. The van der Waals surface area contributed by atoms with Crippen LogP contribution in [0.3, 0.4) is 0 Å². The molecule has 2 heterocycles. The number of furan rings is 1. The van der Waals surface area contributed by atoms with Crippen molar-refractivity contribution in [2.24, 2.45) is 5.92 Å². The molecule has 1 saturated carbocycles. The summed E-state index contributed by atoms with van der Waals surface area (Å²) in [7, 11) is 0. The number of aromatic nitrogens is 1. The maximum absolute atomic E-state index is 12.5. The first-order valence-corrected chi connectivity index (χ1v) is 8.04. The minimum Gasteiger partial charge on any atom is -0.469 e. The van der Waals surface area contributed by atoms with E-state index in [0.717, 1.165) is 37.0 Å². The van der Waals surface area contributed by atoms with Crippen LogP contribution in [0, 0.1) is 12.8 Å². The van der Waals surface area contributed by atoms with Crippen LogP contribution in [-0.4, -0.2) is 10.9 Å². The number of fused-ring (bicyclic) bond motifs is 1. The molecule has 0 aromatic carbocycles. The predicted molar refractivity (Wildman–Crippen MR) is 79.5 cm³/mol. The minimum atomic E-state index is -0.175. The van der Waals surface area contributed by atoms with Crippen LogP contribution < -0.4 is 5.32 Å². The standard InChI is InChI=1S/C17H20N2O3/c1-10-16(22-15(18-10)9-11-5-6-11)17(20)19-13-3-2-4-14-12(13)7-8-21-14/h7-8,11,13H,2-6,9H2,1H3,(H,19,20). The monoisotopic (exact) mass is 300 g/mol. The van der Waals surface area contributed by atoms with Gasteiger partial charge in [0.05, 0.1) is 18.0 Å². The summed E-state index contributed by atoms with van der Waals surface area (Å²) in [4.78, 5) is 16.9. The van der Waals surface area contributed by atoms with Gasteiger partial charge in [-0.2, -0.15) is 0 Å². The summed E-state index contributed by atoms with van der Waals surface area (Å²) in [5.41, 5.74) is 1.77. The Bertz CT molecular complexity index is 697. The van der Waals surface area contributed by atoms with Crippen molar-refractivity contribution in [3.05, 3.63) is 41.0 Å². The highest BCUT2D eigenvalue weighted by atomic mass is 16.4. The summed E-state index contributed by atoms with van der Waals surface area (Å²) >= 11 is 0. The zero-order valence-electron chi connectivity index (χ0n) is 12.7. The van der Waals surface area contributed by atoms with Crippen LogP contribution in [0.25, 0.3) is 0 Å². The van der Waals surface area contributed by atoms with Crippen LogP contribution in [0.2, 0.25) is 0 Å². The van der Waals surface area contributed by atoms with E-state index in [0.29, 0.717) is 23.3 Å². The Balaban J connectivity index is 1.49. The molecule has 1 unspecified atom stereocenters. The lowest BCUT2D eigenvalue weighted by Crippen LogP contribution is -2.30. The minimum absolute atomic E-state index is 0.00591. The highest BCUT2D eigenvalue weighted by molar-refractivity contribution is 5.92. The van der Waals surface area contributed by atoms with E-state index >= 15 is 0 Å². The van der Waals surface area contributed by atoms with E-state index < -0.39 is 0 Å². The van der Waals surface area contributed by atoms with Gasteiger partial charge in [-0.15, -0.1) is 0 Å². The van der Waals surface area contributed by atoms with Gasteiger partial charge in [0, 0.05) is 18.4 Å². The second kappa shape index (κ2) is 5.30. The summed E-state index contributed by atoms with van der Waals surface area (Å²) in [5.74, 6) is 2.55. The van der Waals surface area contributed by atoms with Crippen molar-refractivity contribution < 1.29 is 13.6 Å². The normalized spacial score (nSPS) is 20.7. The van der Waals surface area contributed by atoms with Gasteiger partial charge in [-0.05, 0) is 44.6 Å². The molecule has 4 rings (SSSR count). The van der Waals surface area contributed by atoms with Crippen molar-refractivity contribution in [1.82, 2.24) is 10.3 Å². The van der Waals surface area contributed by atoms with Crippen LogP contribution in [0.5, 0.6) is 0 Å². The summed E-state index contributed by atoms with van der Waals surface area (Å²) in [6.45, 7) is 1.83. The Morgan fingerprint density at radius 3 is 3.09 bits per heavy atom.